The molecule has 2 N–H and O–H groups in total. The molecule has 2 heterocycles. The van der Waals surface area contributed by atoms with Crippen LogP contribution in [0.3, 0.4) is 0 Å². The summed E-state index contributed by atoms with van der Waals surface area (Å²) < 4.78 is 27.3. The number of sulfonamides is 1. The van der Waals surface area contributed by atoms with E-state index in [9.17, 15) is 23.6 Å². The van der Waals surface area contributed by atoms with Gasteiger partial charge in [-0.25, -0.2) is 18.1 Å². The van der Waals surface area contributed by atoms with E-state index in [1.807, 2.05) is 11.8 Å². The average Bonchev–Trinajstić information content (AvgIpc) is 2.78. The van der Waals surface area contributed by atoms with E-state index in [0.29, 0.717) is 35.6 Å². The Morgan fingerprint density at radius 3 is 2.56 bits per heavy atom. The highest BCUT2D eigenvalue weighted by Gasteiger charge is 2.38. The predicted molar refractivity (Wildman–Crippen MR) is 128 cm³/mol. The van der Waals surface area contributed by atoms with Crippen molar-refractivity contribution in [3.05, 3.63) is 83.0 Å². The number of nitriles is 1. The van der Waals surface area contributed by atoms with Gasteiger partial charge in [-0.05, 0) is 54.8 Å². The van der Waals surface area contributed by atoms with Gasteiger partial charge in [-0.3, -0.25) is 4.79 Å². The second-order valence-electron chi connectivity index (χ2n) is 8.77. The van der Waals surface area contributed by atoms with Crippen molar-refractivity contribution in [2.75, 3.05) is 18.0 Å². The van der Waals surface area contributed by atoms with Crippen LogP contribution in [0.2, 0.25) is 0 Å². The minimum absolute atomic E-state index is 0.259. The highest BCUT2D eigenvalue weighted by Crippen LogP contribution is 2.32. The Balaban J connectivity index is 1.56. The second-order valence-corrected chi connectivity index (χ2v) is 10.5. The van der Waals surface area contributed by atoms with Gasteiger partial charge >= 0.3 is 0 Å². The Morgan fingerprint density at radius 2 is 1.91 bits per heavy atom. The zero-order valence-corrected chi connectivity index (χ0v) is 19.6. The maximum absolute atomic E-state index is 12.6. The largest absolute Gasteiger partial charge is 0.386 e. The number of aromatic nitrogens is 1. The number of aryl methyl sites for hydroxylation is 1. The normalized spacial score (nSPS) is 14.7. The van der Waals surface area contributed by atoms with Gasteiger partial charge in [0.05, 0.1) is 16.9 Å². The van der Waals surface area contributed by atoms with Crippen LogP contribution in [0.25, 0.3) is 11.1 Å². The van der Waals surface area contributed by atoms with Crippen molar-refractivity contribution in [1.82, 2.24) is 9.71 Å². The lowest BCUT2D eigenvalue weighted by atomic mass is 9.95. The van der Waals surface area contributed by atoms with Crippen molar-refractivity contribution < 1.29 is 18.3 Å². The number of hydrogen-bond donors (Lipinski definition) is 2. The molecule has 1 fully saturated rings. The van der Waals surface area contributed by atoms with Crippen LogP contribution in [0, 0.1) is 18.3 Å². The van der Waals surface area contributed by atoms with E-state index >= 15 is 0 Å². The molecular weight excluding hydrogens is 452 g/mol. The van der Waals surface area contributed by atoms with Crippen molar-refractivity contribution in [3.63, 3.8) is 0 Å². The molecule has 0 atom stereocenters. The predicted octanol–water partition coefficient (Wildman–Crippen LogP) is 2.76. The molecule has 1 aliphatic rings. The van der Waals surface area contributed by atoms with E-state index in [4.69, 9.17) is 0 Å². The Kier molecular flexibility index (Phi) is 6.13. The molecule has 1 aromatic heterocycles. The number of hydrogen-bond acceptors (Lipinski definition) is 7. The van der Waals surface area contributed by atoms with Crippen LogP contribution in [-0.2, 0) is 15.8 Å². The molecule has 34 heavy (non-hydrogen) atoms. The number of amides is 1. The average molecular weight is 477 g/mol. The Morgan fingerprint density at radius 1 is 1.21 bits per heavy atom. The number of anilines is 1. The molecule has 1 saturated heterocycles. The lowest BCUT2D eigenvalue weighted by Crippen LogP contribution is -2.60. The van der Waals surface area contributed by atoms with Crippen molar-refractivity contribution in [3.8, 4) is 17.2 Å². The fourth-order valence-corrected chi connectivity index (χ4v) is 5.07. The first-order chi connectivity index (χ1) is 16.1. The number of carbonyl (C=O) groups excluding carboxylic acids is 1. The molecule has 2 aromatic carbocycles. The van der Waals surface area contributed by atoms with Crippen molar-refractivity contribution >= 4 is 21.7 Å². The summed E-state index contributed by atoms with van der Waals surface area (Å²) in [5, 5.41) is 19.6. The molecule has 1 aliphatic heterocycles. The summed E-state index contributed by atoms with van der Waals surface area (Å²) in [6.07, 6.45) is 1.64. The number of benzene rings is 2. The molecule has 0 radical (unpaired) electrons. The molecule has 4 rings (SSSR count). The van der Waals surface area contributed by atoms with Gasteiger partial charge in [0.25, 0.3) is 5.91 Å². The monoisotopic (exact) mass is 476 g/mol. The van der Waals surface area contributed by atoms with Crippen LogP contribution >= 0.6 is 0 Å². The summed E-state index contributed by atoms with van der Waals surface area (Å²) in [6, 6.07) is 17.2. The summed E-state index contributed by atoms with van der Waals surface area (Å²) in [5.74, 6) is -0.549. The quantitative estimate of drug-likeness (QED) is 0.561. The maximum Gasteiger partial charge on any atom is 0.264 e. The SMILES string of the molecule is Cc1ccc(CS(=O)(=O)NC(=O)c2ccccc2)cc1-c1cnc(N2CC(C)(O)C2)c(C#N)c1. The van der Waals surface area contributed by atoms with Crippen LogP contribution in [0.1, 0.15) is 34.0 Å². The summed E-state index contributed by atoms with van der Waals surface area (Å²) in [5.41, 5.74) is 2.65. The van der Waals surface area contributed by atoms with E-state index in [0.717, 1.165) is 11.1 Å². The third kappa shape index (κ3) is 5.09. The van der Waals surface area contributed by atoms with Crippen molar-refractivity contribution in [2.45, 2.75) is 25.2 Å². The van der Waals surface area contributed by atoms with Crippen molar-refractivity contribution in [2.24, 2.45) is 0 Å². The molecule has 0 spiro atoms. The van der Waals surface area contributed by atoms with Crippen LogP contribution in [0.15, 0.2) is 60.8 Å². The van der Waals surface area contributed by atoms with Gasteiger partial charge in [0.15, 0.2) is 0 Å². The van der Waals surface area contributed by atoms with Crippen LogP contribution < -0.4 is 9.62 Å². The summed E-state index contributed by atoms with van der Waals surface area (Å²) in [4.78, 5) is 18.6. The highest BCUT2D eigenvalue weighted by atomic mass is 32.2. The van der Waals surface area contributed by atoms with Crippen LogP contribution in [-0.4, -0.2) is 43.1 Å². The number of aliphatic hydroxyl groups is 1. The third-order valence-corrected chi connectivity index (χ3v) is 6.81. The van der Waals surface area contributed by atoms with Gasteiger partial charge in [0.1, 0.15) is 11.9 Å². The molecule has 9 heteroatoms. The standard InChI is InChI=1S/C25H24N4O4S/c1-17-8-9-18(14-34(32,33)28-24(30)19-6-4-3-5-7-19)10-22(17)21-11-20(12-26)23(27-13-21)29-15-25(2,31)16-29/h3-11,13,31H,14-16H2,1-2H3,(H,28,30). The zero-order valence-electron chi connectivity index (χ0n) is 18.8. The zero-order chi connectivity index (χ0) is 24.5. The summed E-state index contributed by atoms with van der Waals surface area (Å²) in [6.45, 7) is 4.41. The molecule has 0 unspecified atom stereocenters. The number of rotatable bonds is 6. The topological polar surface area (TPSA) is 123 Å². The minimum Gasteiger partial charge on any atom is -0.386 e. The minimum atomic E-state index is -3.93. The van der Waals surface area contributed by atoms with Crippen molar-refractivity contribution in [1.29, 1.82) is 5.26 Å². The Bertz CT molecular complexity index is 1390. The van der Waals surface area contributed by atoms with Crippen LogP contribution in [0.4, 0.5) is 5.82 Å². The van der Waals surface area contributed by atoms with E-state index in [-0.39, 0.29) is 11.3 Å². The smallest absolute Gasteiger partial charge is 0.264 e. The fourth-order valence-electron chi connectivity index (χ4n) is 3.98. The summed E-state index contributed by atoms with van der Waals surface area (Å²) >= 11 is 0. The molecule has 174 valence electrons. The van der Waals surface area contributed by atoms with Gasteiger partial charge < -0.3 is 10.0 Å². The first-order valence-corrected chi connectivity index (χ1v) is 12.3. The Labute approximate surface area is 198 Å². The molecule has 8 nitrogen and oxygen atoms in total. The molecule has 0 aliphatic carbocycles. The van der Waals surface area contributed by atoms with Gasteiger partial charge in [0.2, 0.25) is 10.0 Å². The van der Waals surface area contributed by atoms with Crippen LogP contribution in [0.5, 0.6) is 0 Å². The number of nitrogens with zero attached hydrogens (tertiary/aromatic N) is 3. The van der Waals surface area contributed by atoms with E-state index in [1.165, 1.54) is 0 Å². The van der Waals surface area contributed by atoms with Gasteiger partial charge in [-0.15, -0.1) is 0 Å². The maximum atomic E-state index is 12.6. The fraction of sp³-hybridized carbons (Fsp3) is 0.240. The molecule has 0 bridgehead atoms. The number of nitrogens with one attached hydrogen (secondary N) is 1. The van der Waals surface area contributed by atoms with E-state index in [2.05, 4.69) is 15.8 Å². The molecule has 3 aromatic rings. The molecular formula is C25H24N4O4S. The van der Waals surface area contributed by atoms with Gasteiger partial charge in [-0.2, -0.15) is 5.26 Å². The third-order valence-electron chi connectivity index (χ3n) is 5.60. The molecule has 0 saturated carbocycles. The lowest BCUT2D eigenvalue weighted by molar-refractivity contribution is 0.0305. The van der Waals surface area contributed by atoms with E-state index in [1.54, 1.807) is 67.7 Å². The number of pyridine rings is 1. The highest BCUT2D eigenvalue weighted by molar-refractivity contribution is 7.89. The number of carbonyl (C=O) groups is 1. The molecule has 1 amide bonds. The number of β-amino-alcohol motifs (C(OH)–C–C–N with tert-alkyl or cyclic N) is 1. The second kappa shape index (κ2) is 8.89. The summed E-state index contributed by atoms with van der Waals surface area (Å²) in [7, 11) is -3.93. The van der Waals surface area contributed by atoms with Gasteiger partial charge in [0, 0.05) is 30.4 Å². The van der Waals surface area contributed by atoms with Gasteiger partial charge in [-0.1, -0.05) is 30.3 Å². The Hall–Kier alpha value is -3.74. The van der Waals surface area contributed by atoms with E-state index < -0.39 is 21.5 Å². The first-order valence-electron chi connectivity index (χ1n) is 10.6. The lowest BCUT2D eigenvalue weighted by Gasteiger charge is -2.45. The first kappa shape index (κ1) is 23.4.